The van der Waals surface area contributed by atoms with Crippen molar-refractivity contribution >= 4 is 5.91 Å². The molecule has 348 valence electrons. The lowest BCUT2D eigenvalue weighted by molar-refractivity contribution is -0.123. The first-order chi connectivity index (χ1) is 28.7. The first-order valence-electron chi connectivity index (χ1n) is 27.2. The maximum absolute atomic E-state index is 12.5. The van der Waals surface area contributed by atoms with Crippen molar-refractivity contribution in [2.75, 3.05) is 6.61 Å². The zero-order chi connectivity index (χ0) is 42.1. The van der Waals surface area contributed by atoms with Crippen LogP contribution in [0.5, 0.6) is 0 Å². The summed E-state index contributed by atoms with van der Waals surface area (Å²) in [4.78, 5) is 12.5. The molecule has 0 saturated carbocycles. The van der Waals surface area contributed by atoms with Gasteiger partial charge in [0.15, 0.2) is 0 Å². The largest absolute Gasteiger partial charge is 0.394 e. The van der Waals surface area contributed by atoms with Crippen molar-refractivity contribution in [3.05, 3.63) is 0 Å². The summed E-state index contributed by atoms with van der Waals surface area (Å²) in [7, 11) is 0. The highest BCUT2D eigenvalue weighted by Gasteiger charge is 2.20. The van der Waals surface area contributed by atoms with Crippen molar-refractivity contribution < 1.29 is 15.0 Å². The Labute approximate surface area is 365 Å². The van der Waals surface area contributed by atoms with Crippen LogP contribution in [-0.2, 0) is 4.79 Å². The van der Waals surface area contributed by atoms with E-state index in [1.807, 2.05) is 0 Å². The van der Waals surface area contributed by atoms with E-state index < -0.39 is 12.1 Å². The number of unbranched alkanes of at least 4 members (excludes halogenated alkanes) is 44. The van der Waals surface area contributed by atoms with E-state index in [4.69, 9.17) is 0 Å². The van der Waals surface area contributed by atoms with Crippen molar-refractivity contribution in [1.82, 2.24) is 5.32 Å². The standard InChI is InChI=1S/C54H109NO3/c1-3-5-7-9-11-13-15-17-19-21-23-25-26-27-28-29-30-31-33-35-37-39-41-43-45-47-49-53(57)52(51-56)55-54(58)50-48-46-44-42-40-38-36-34-32-24-22-20-18-16-14-12-10-8-6-4-2/h52-53,56-57H,3-51H2,1-2H3,(H,55,58). The molecule has 0 radical (unpaired) electrons. The normalized spacial score (nSPS) is 12.7. The Morgan fingerprint density at radius 3 is 0.776 bits per heavy atom. The SMILES string of the molecule is CCCCCCCCCCCCCCCCCCCCCCCCCCCCC(O)C(CO)NC(=O)CCCCCCCCCCCCCCCCCCCCCC. The van der Waals surface area contributed by atoms with Crippen molar-refractivity contribution in [1.29, 1.82) is 0 Å². The van der Waals surface area contributed by atoms with Gasteiger partial charge in [0.2, 0.25) is 5.91 Å². The molecule has 0 aromatic carbocycles. The van der Waals surface area contributed by atoms with Crippen LogP contribution in [0.25, 0.3) is 0 Å². The number of aliphatic hydroxyl groups is 2. The number of hydrogen-bond donors (Lipinski definition) is 3. The first-order valence-corrected chi connectivity index (χ1v) is 27.2. The van der Waals surface area contributed by atoms with E-state index in [0.717, 1.165) is 25.7 Å². The Hall–Kier alpha value is -0.610. The molecule has 4 heteroatoms. The lowest BCUT2D eigenvalue weighted by Gasteiger charge is -2.22. The smallest absolute Gasteiger partial charge is 0.220 e. The van der Waals surface area contributed by atoms with Crippen LogP contribution in [0.4, 0.5) is 0 Å². The molecular formula is C54H109NO3. The zero-order valence-electron chi connectivity index (χ0n) is 40.1. The summed E-state index contributed by atoms with van der Waals surface area (Å²) < 4.78 is 0. The van der Waals surface area contributed by atoms with E-state index in [1.54, 1.807) is 0 Å². The molecule has 0 aliphatic carbocycles. The van der Waals surface area contributed by atoms with Gasteiger partial charge in [0.05, 0.1) is 18.8 Å². The molecule has 0 saturated heterocycles. The fourth-order valence-electron chi connectivity index (χ4n) is 8.95. The predicted molar refractivity (Wildman–Crippen MR) is 258 cm³/mol. The van der Waals surface area contributed by atoms with Crippen LogP contribution < -0.4 is 5.32 Å². The number of carbonyl (C=O) groups is 1. The molecule has 0 rings (SSSR count). The highest BCUT2D eigenvalue weighted by molar-refractivity contribution is 5.76. The van der Waals surface area contributed by atoms with E-state index in [1.165, 1.54) is 270 Å². The summed E-state index contributed by atoms with van der Waals surface area (Å²) in [6, 6.07) is -0.531. The lowest BCUT2D eigenvalue weighted by Crippen LogP contribution is -2.45. The van der Waals surface area contributed by atoms with E-state index in [2.05, 4.69) is 19.2 Å². The maximum atomic E-state index is 12.5. The van der Waals surface area contributed by atoms with Gasteiger partial charge in [-0.05, 0) is 12.8 Å². The highest BCUT2D eigenvalue weighted by Crippen LogP contribution is 2.18. The van der Waals surface area contributed by atoms with E-state index in [9.17, 15) is 15.0 Å². The van der Waals surface area contributed by atoms with Crippen molar-refractivity contribution in [3.63, 3.8) is 0 Å². The summed E-state index contributed by atoms with van der Waals surface area (Å²) in [5.41, 5.74) is 0. The number of aliphatic hydroxyl groups excluding tert-OH is 2. The minimum absolute atomic E-state index is 0.0227. The molecule has 0 aromatic rings. The monoisotopic (exact) mass is 820 g/mol. The van der Waals surface area contributed by atoms with Crippen LogP contribution in [0.15, 0.2) is 0 Å². The van der Waals surface area contributed by atoms with E-state index in [0.29, 0.717) is 12.8 Å². The van der Waals surface area contributed by atoms with Gasteiger partial charge in [0, 0.05) is 6.42 Å². The summed E-state index contributed by atoms with van der Waals surface area (Å²) in [6.07, 6.45) is 63.7. The van der Waals surface area contributed by atoms with Crippen molar-refractivity contribution in [3.8, 4) is 0 Å². The van der Waals surface area contributed by atoms with Crippen molar-refractivity contribution in [2.45, 2.75) is 334 Å². The Morgan fingerprint density at radius 2 is 0.552 bits per heavy atom. The van der Waals surface area contributed by atoms with Gasteiger partial charge in [-0.15, -0.1) is 0 Å². The fraction of sp³-hybridized carbons (Fsp3) is 0.981. The van der Waals surface area contributed by atoms with Gasteiger partial charge < -0.3 is 15.5 Å². The molecule has 0 fully saturated rings. The van der Waals surface area contributed by atoms with Gasteiger partial charge in [0.25, 0.3) is 0 Å². The van der Waals surface area contributed by atoms with E-state index in [-0.39, 0.29) is 12.5 Å². The van der Waals surface area contributed by atoms with Crippen LogP contribution in [0, 0.1) is 0 Å². The Morgan fingerprint density at radius 1 is 0.345 bits per heavy atom. The zero-order valence-corrected chi connectivity index (χ0v) is 40.1. The molecule has 1 amide bonds. The minimum atomic E-state index is -0.654. The third-order valence-corrected chi connectivity index (χ3v) is 13.1. The molecule has 0 heterocycles. The maximum Gasteiger partial charge on any atom is 0.220 e. The van der Waals surface area contributed by atoms with Gasteiger partial charge >= 0.3 is 0 Å². The van der Waals surface area contributed by atoms with Gasteiger partial charge in [0.1, 0.15) is 0 Å². The summed E-state index contributed by atoms with van der Waals surface area (Å²) in [5.74, 6) is -0.0227. The highest BCUT2D eigenvalue weighted by atomic mass is 16.3. The average Bonchev–Trinajstić information content (AvgIpc) is 3.23. The summed E-state index contributed by atoms with van der Waals surface area (Å²) in [5, 5.41) is 23.3. The average molecular weight is 820 g/mol. The molecule has 2 unspecified atom stereocenters. The van der Waals surface area contributed by atoms with Crippen LogP contribution in [0.2, 0.25) is 0 Å². The van der Waals surface area contributed by atoms with Gasteiger partial charge in [-0.3, -0.25) is 4.79 Å². The minimum Gasteiger partial charge on any atom is -0.394 e. The number of rotatable bonds is 51. The molecule has 0 aliphatic heterocycles. The Bertz CT molecular complexity index is 759. The molecule has 0 bridgehead atoms. The second-order valence-corrected chi connectivity index (χ2v) is 19.0. The molecule has 3 N–H and O–H groups in total. The van der Waals surface area contributed by atoms with Crippen LogP contribution in [0.1, 0.15) is 322 Å². The number of amides is 1. The molecule has 2 atom stereocenters. The van der Waals surface area contributed by atoms with Gasteiger partial charge in [-0.2, -0.15) is 0 Å². The van der Waals surface area contributed by atoms with E-state index >= 15 is 0 Å². The molecule has 4 nitrogen and oxygen atoms in total. The topological polar surface area (TPSA) is 69.6 Å². The second-order valence-electron chi connectivity index (χ2n) is 19.0. The molecule has 58 heavy (non-hydrogen) atoms. The Balaban J connectivity index is 3.40. The number of hydrogen-bond acceptors (Lipinski definition) is 3. The van der Waals surface area contributed by atoms with Gasteiger partial charge in [-0.1, -0.05) is 303 Å². The summed E-state index contributed by atoms with van der Waals surface area (Å²) >= 11 is 0. The molecule has 0 aliphatic rings. The molecule has 0 spiro atoms. The second kappa shape index (κ2) is 50.7. The van der Waals surface area contributed by atoms with Crippen LogP contribution in [-0.4, -0.2) is 34.9 Å². The van der Waals surface area contributed by atoms with Crippen LogP contribution in [0.3, 0.4) is 0 Å². The summed E-state index contributed by atoms with van der Waals surface area (Å²) in [6.45, 7) is 4.40. The first kappa shape index (κ1) is 57.4. The number of nitrogens with one attached hydrogen (secondary N) is 1. The molecule has 0 aromatic heterocycles. The predicted octanol–water partition coefficient (Wildman–Crippen LogP) is 17.6. The number of carbonyl (C=O) groups excluding carboxylic acids is 1. The quantitative estimate of drug-likeness (QED) is 0.0536. The molecular weight excluding hydrogens is 711 g/mol. The third kappa shape index (κ3) is 46.5. The van der Waals surface area contributed by atoms with Crippen molar-refractivity contribution in [2.24, 2.45) is 0 Å². The van der Waals surface area contributed by atoms with Gasteiger partial charge in [-0.25, -0.2) is 0 Å². The van der Waals surface area contributed by atoms with Crippen LogP contribution >= 0.6 is 0 Å². The lowest BCUT2D eigenvalue weighted by atomic mass is 10.0. The fourth-order valence-corrected chi connectivity index (χ4v) is 8.95. The third-order valence-electron chi connectivity index (χ3n) is 13.1. The Kier molecular flexibility index (Phi) is 50.2.